The summed E-state index contributed by atoms with van der Waals surface area (Å²) in [5.41, 5.74) is 0.695. The maximum absolute atomic E-state index is 13.8. The Hall–Kier alpha value is -2.73. The Morgan fingerprint density at radius 3 is 2.38 bits per heavy atom. The van der Waals surface area contributed by atoms with Gasteiger partial charge in [0, 0.05) is 45.2 Å². The lowest BCUT2D eigenvalue weighted by Crippen LogP contribution is -2.40. The number of pyridine rings is 1. The van der Waals surface area contributed by atoms with Gasteiger partial charge < -0.3 is 14.2 Å². The molecule has 1 aliphatic carbocycles. The van der Waals surface area contributed by atoms with Crippen LogP contribution < -0.4 is 9.47 Å². The highest BCUT2D eigenvalue weighted by molar-refractivity contribution is 8.02. The zero-order chi connectivity index (χ0) is 34.8. The van der Waals surface area contributed by atoms with E-state index in [1.54, 1.807) is 0 Å². The molecule has 0 amide bonds. The molecule has 11 nitrogen and oxygen atoms in total. The fourth-order valence-corrected chi connectivity index (χ4v) is 9.43. The minimum absolute atomic E-state index is 0.0136. The average molecular weight is 767 g/mol. The maximum atomic E-state index is 13.8. The number of rotatable bonds is 14. The Kier molecular flexibility index (Phi) is 11.4. The second-order valence-electron chi connectivity index (χ2n) is 11.2. The van der Waals surface area contributed by atoms with Gasteiger partial charge in [-0.05, 0) is 60.2 Å². The van der Waals surface area contributed by atoms with Crippen molar-refractivity contribution in [1.82, 2.24) is 13.6 Å². The van der Waals surface area contributed by atoms with Gasteiger partial charge in [0.15, 0.2) is 16.9 Å². The van der Waals surface area contributed by atoms with Crippen LogP contribution in [0.15, 0.2) is 64.6 Å². The van der Waals surface area contributed by atoms with Crippen molar-refractivity contribution in [2.24, 2.45) is 5.92 Å². The first-order valence-electron chi connectivity index (χ1n) is 14.5. The molecule has 48 heavy (non-hydrogen) atoms. The number of carbonyl (C=O) groups is 1. The number of benzene rings is 2. The molecule has 260 valence electrons. The third kappa shape index (κ3) is 8.34. The molecule has 0 bridgehead atoms. The van der Waals surface area contributed by atoms with Crippen LogP contribution in [0.25, 0.3) is 0 Å². The molecule has 1 aromatic heterocycles. The number of alkyl halides is 2. The predicted molar refractivity (Wildman–Crippen MR) is 176 cm³/mol. The van der Waals surface area contributed by atoms with Crippen molar-refractivity contribution >= 4 is 61.0 Å². The van der Waals surface area contributed by atoms with E-state index >= 15 is 0 Å². The Morgan fingerprint density at radius 2 is 1.73 bits per heavy atom. The number of nitrogens with zero attached hydrogens (tertiary/aromatic N) is 3. The Labute approximate surface area is 291 Å². The van der Waals surface area contributed by atoms with Crippen LogP contribution in [0.5, 0.6) is 11.5 Å². The molecular weight excluding hydrogens is 735 g/mol. The molecular formula is C30H31Cl2F2N3O8S3. The minimum Gasteiger partial charge on any atom is -0.489 e. The Balaban J connectivity index is 1.47. The predicted octanol–water partition coefficient (Wildman–Crippen LogP) is 5.62. The third-order valence-electron chi connectivity index (χ3n) is 7.57. The van der Waals surface area contributed by atoms with Gasteiger partial charge in [-0.1, -0.05) is 35.3 Å². The summed E-state index contributed by atoms with van der Waals surface area (Å²) < 4.78 is 97.7. The number of sulfonamides is 2. The van der Waals surface area contributed by atoms with E-state index in [0.29, 0.717) is 11.1 Å². The lowest BCUT2D eigenvalue weighted by atomic mass is 10.0. The maximum Gasteiger partial charge on any atom is 0.387 e. The van der Waals surface area contributed by atoms with Crippen LogP contribution in [0.4, 0.5) is 8.78 Å². The first-order valence-corrected chi connectivity index (χ1v) is 19.2. The highest BCUT2D eigenvalue weighted by Crippen LogP contribution is 2.39. The second kappa shape index (κ2) is 15.0. The first kappa shape index (κ1) is 36.5. The molecule has 0 spiro atoms. The molecule has 18 heteroatoms. The highest BCUT2D eigenvalue weighted by Gasteiger charge is 2.42. The fourth-order valence-electron chi connectivity index (χ4n) is 4.80. The van der Waals surface area contributed by atoms with Crippen molar-refractivity contribution < 1.29 is 44.6 Å². The van der Waals surface area contributed by atoms with Crippen LogP contribution >= 0.6 is 35.0 Å². The Bertz CT molecular complexity index is 1860. The summed E-state index contributed by atoms with van der Waals surface area (Å²) >= 11 is 13.8. The molecule has 2 heterocycles. The molecule has 5 rings (SSSR count). The van der Waals surface area contributed by atoms with Crippen LogP contribution in [0.1, 0.15) is 30.1 Å². The summed E-state index contributed by atoms with van der Waals surface area (Å²) in [6.07, 6.45) is 3.38. The first-order chi connectivity index (χ1) is 22.7. The second-order valence-corrected chi connectivity index (χ2v) is 17.2. The zero-order valence-electron chi connectivity index (χ0n) is 25.6. The van der Waals surface area contributed by atoms with Crippen molar-refractivity contribution in [3.63, 3.8) is 0 Å². The Morgan fingerprint density at radius 1 is 1.04 bits per heavy atom. The van der Waals surface area contributed by atoms with E-state index in [0.717, 1.165) is 39.3 Å². The van der Waals surface area contributed by atoms with Gasteiger partial charge in [0.05, 0.1) is 26.4 Å². The van der Waals surface area contributed by atoms with Crippen LogP contribution in [0.3, 0.4) is 0 Å². The molecule has 2 aromatic carbocycles. The lowest BCUT2D eigenvalue weighted by Gasteiger charge is -2.26. The van der Waals surface area contributed by atoms with E-state index in [9.17, 15) is 30.4 Å². The van der Waals surface area contributed by atoms with Gasteiger partial charge in [-0.15, -0.1) is 11.8 Å². The van der Waals surface area contributed by atoms with E-state index in [1.165, 1.54) is 62.9 Å². The van der Waals surface area contributed by atoms with Crippen LogP contribution in [0.2, 0.25) is 10.0 Å². The van der Waals surface area contributed by atoms with Gasteiger partial charge in [0.25, 0.3) is 0 Å². The summed E-state index contributed by atoms with van der Waals surface area (Å²) in [7, 11) is -5.68. The summed E-state index contributed by atoms with van der Waals surface area (Å²) in [5, 5.41) is -0.973. The molecule has 1 saturated carbocycles. The zero-order valence-corrected chi connectivity index (χ0v) is 29.6. The van der Waals surface area contributed by atoms with E-state index in [1.807, 2.05) is 0 Å². The fraction of sp³-hybridized carbons (Fsp3) is 0.400. The number of hydrogen-bond donors (Lipinski definition) is 0. The number of halogens is 4. The van der Waals surface area contributed by atoms with Gasteiger partial charge in [0.1, 0.15) is 6.10 Å². The van der Waals surface area contributed by atoms with E-state index in [4.69, 9.17) is 32.7 Å². The average Bonchev–Trinajstić information content (AvgIpc) is 3.73. The van der Waals surface area contributed by atoms with E-state index in [-0.39, 0.29) is 62.6 Å². The molecule has 2 aliphatic rings. The summed E-state index contributed by atoms with van der Waals surface area (Å²) in [5.74, 6) is -0.577. The van der Waals surface area contributed by atoms with Crippen molar-refractivity contribution in [2.45, 2.75) is 47.1 Å². The third-order valence-corrected chi connectivity index (χ3v) is 13.2. The smallest absolute Gasteiger partial charge is 0.387 e. The van der Waals surface area contributed by atoms with E-state index in [2.05, 4.69) is 9.72 Å². The van der Waals surface area contributed by atoms with E-state index < -0.39 is 44.1 Å². The molecule has 0 N–H and O–H groups in total. The van der Waals surface area contributed by atoms with Gasteiger partial charge in [-0.2, -0.15) is 13.1 Å². The quantitative estimate of drug-likeness (QED) is 0.191. The van der Waals surface area contributed by atoms with Crippen LogP contribution in [-0.4, -0.2) is 81.4 Å². The molecule has 2 fully saturated rings. The van der Waals surface area contributed by atoms with Crippen molar-refractivity contribution in [3.05, 3.63) is 76.0 Å². The van der Waals surface area contributed by atoms with Crippen molar-refractivity contribution in [1.29, 1.82) is 0 Å². The van der Waals surface area contributed by atoms with Gasteiger partial charge >= 0.3 is 12.6 Å². The summed E-state index contributed by atoms with van der Waals surface area (Å²) in [6.45, 7) is -2.89. The molecule has 1 saturated heterocycles. The van der Waals surface area contributed by atoms with Crippen molar-refractivity contribution in [3.8, 4) is 11.5 Å². The van der Waals surface area contributed by atoms with Gasteiger partial charge in [0.2, 0.25) is 20.0 Å². The number of thioether (sulfide) groups is 1. The molecule has 3 aromatic rings. The number of carbonyl (C=O) groups excluding carboxylic acids is 1. The van der Waals surface area contributed by atoms with Gasteiger partial charge in [-0.25, -0.2) is 25.9 Å². The van der Waals surface area contributed by atoms with Crippen LogP contribution in [0, 0.1) is 5.92 Å². The number of ether oxygens (including phenoxy) is 3. The SMILES string of the molecule is CN(C)S(=O)(=O)c1cccc(S(=O)(=O)N2CCSC2C(=O)OC(Cc2c(Cl)cncc2Cl)c2ccc(OC(F)F)c(OCC3CC3)c2)c1. The summed E-state index contributed by atoms with van der Waals surface area (Å²) in [6, 6.07) is 9.00. The molecule has 0 radical (unpaired) electrons. The number of aromatic nitrogens is 1. The largest absolute Gasteiger partial charge is 0.489 e. The van der Waals surface area contributed by atoms with Gasteiger partial charge in [-0.3, -0.25) is 4.98 Å². The lowest BCUT2D eigenvalue weighted by molar-refractivity contribution is -0.150. The summed E-state index contributed by atoms with van der Waals surface area (Å²) in [4.78, 5) is 17.2. The standard InChI is InChI=1S/C30H31Cl2F2N3O8S3/c1-36(2)47(39,40)20-4-3-5-21(13-20)48(41,42)37-10-11-46-28(37)29(38)44-26(14-22-23(31)15-35-16-24(22)32)19-8-9-25(45-30(33)34)27(12-19)43-17-18-6-7-18/h3-5,8-9,12-13,15-16,18,26,28,30H,6-7,10-11,14,17H2,1-2H3. The highest BCUT2D eigenvalue weighted by atomic mass is 35.5. The monoisotopic (exact) mass is 765 g/mol. The number of hydrogen-bond acceptors (Lipinski definition) is 10. The number of esters is 1. The van der Waals surface area contributed by atoms with Crippen LogP contribution in [-0.2, 0) is 36.0 Å². The minimum atomic E-state index is -4.38. The normalized spacial score (nSPS) is 17.9. The molecule has 2 atom stereocenters. The van der Waals surface area contributed by atoms with Crippen molar-refractivity contribution in [2.75, 3.05) is 33.0 Å². The topological polar surface area (TPSA) is 132 Å². The molecule has 1 aliphatic heterocycles. The molecule has 2 unspecified atom stereocenters.